The van der Waals surface area contributed by atoms with Crippen molar-refractivity contribution in [3.63, 3.8) is 0 Å². The first kappa shape index (κ1) is 16.0. The Morgan fingerprint density at radius 3 is 2.52 bits per heavy atom. The molecule has 0 radical (unpaired) electrons. The average Bonchev–Trinajstić information content (AvgIpc) is 2.49. The van der Waals surface area contributed by atoms with Gasteiger partial charge in [0.2, 0.25) is 5.91 Å². The van der Waals surface area contributed by atoms with Crippen molar-refractivity contribution in [1.82, 2.24) is 5.32 Å². The van der Waals surface area contributed by atoms with E-state index in [9.17, 15) is 13.2 Å². The molecule has 0 saturated carbocycles. The van der Waals surface area contributed by atoms with Crippen LogP contribution >= 0.6 is 11.6 Å². The third-order valence-electron chi connectivity index (χ3n) is 4.01. The second-order valence-electron chi connectivity index (χ2n) is 5.52. The minimum absolute atomic E-state index is 0.0997. The summed E-state index contributed by atoms with van der Waals surface area (Å²) < 4.78 is 24.4. The lowest BCUT2D eigenvalue weighted by Gasteiger charge is -2.28. The van der Waals surface area contributed by atoms with Crippen molar-refractivity contribution in [2.75, 3.05) is 12.3 Å². The van der Waals surface area contributed by atoms with Crippen molar-refractivity contribution >= 4 is 27.3 Å². The van der Waals surface area contributed by atoms with Crippen LogP contribution in [0.4, 0.5) is 0 Å². The molecule has 0 fully saturated rings. The highest BCUT2D eigenvalue weighted by Crippen LogP contribution is 2.34. The Morgan fingerprint density at radius 2 is 1.83 bits per heavy atom. The molecule has 0 aromatic heterocycles. The number of carbonyl (C=O) groups is 1. The van der Waals surface area contributed by atoms with Gasteiger partial charge < -0.3 is 5.32 Å². The number of amides is 1. The van der Waals surface area contributed by atoms with Crippen LogP contribution in [0.15, 0.2) is 53.4 Å². The third kappa shape index (κ3) is 3.41. The lowest BCUT2D eigenvalue weighted by atomic mass is 9.77. The summed E-state index contributed by atoms with van der Waals surface area (Å²) in [6.45, 7) is 0.0997. The number of benzene rings is 2. The van der Waals surface area contributed by atoms with Crippen LogP contribution in [-0.2, 0) is 21.1 Å². The van der Waals surface area contributed by atoms with Crippen LogP contribution in [0, 0.1) is 0 Å². The van der Waals surface area contributed by atoms with Crippen LogP contribution in [0.2, 0.25) is 5.02 Å². The molecule has 0 spiro atoms. The molecule has 23 heavy (non-hydrogen) atoms. The van der Waals surface area contributed by atoms with Gasteiger partial charge in [0.05, 0.1) is 16.6 Å². The van der Waals surface area contributed by atoms with E-state index in [0.29, 0.717) is 11.4 Å². The predicted octanol–water partition coefficient (Wildman–Crippen LogP) is 2.57. The summed E-state index contributed by atoms with van der Waals surface area (Å²) in [6.07, 6.45) is 0.714. The van der Waals surface area contributed by atoms with Gasteiger partial charge in [0.1, 0.15) is 0 Å². The molecule has 120 valence electrons. The van der Waals surface area contributed by atoms with Gasteiger partial charge >= 0.3 is 0 Å². The van der Waals surface area contributed by atoms with Crippen molar-refractivity contribution in [1.29, 1.82) is 0 Å². The van der Waals surface area contributed by atoms with Crippen LogP contribution in [0.5, 0.6) is 0 Å². The van der Waals surface area contributed by atoms with Crippen LogP contribution in [0.25, 0.3) is 0 Å². The Balaban J connectivity index is 1.55. The van der Waals surface area contributed by atoms with Crippen molar-refractivity contribution in [2.24, 2.45) is 0 Å². The van der Waals surface area contributed by atoms with Gasteiger partial charge in [-0.25, -0.2) is 8.42 Å². The molecule has 3 rings (SSSR count). The maximum atomic E-state index is 12.2. The van der Waals surface area contributed by atoms with Crippen LogP contribution < -0.4 is 5.32 Å². The minimum atomic E-state index is -3.42. The largest absolute Gasteiger partial charge is 0.355 e. The lowest BCUT2D eigenvalue weighted by Crippen LogP contribution is -2.37. The predicted molar refractivity (Wildman–Crippen MR) is 89.4 cm³/mol. The molecule has 1 aliphatic carbocycles. The first-order valence-corrected chi connectivity index (χ1v) is 9.34. The van der Waals surface area contributed by atoms with E-state index in [-0.39, 0.29) is 29.0 Å². The second-order valence-corrected chi connectivity index (χ2v) is 8.06. The Labute approximate surface area is 140 Å². The van der Waals surface area contributed by atoms with Gasteiger partial charge in [-0.1, -0.05) is 35.9 Å². The zero-order chi connectivity index (χ0) is 16.4. The minimum Gasteiger partial charge on any atom is -0.355 e. The number of nitrogens with one attached hydrogen (secondary N) is 1. The maximum Gasteiger partial charge on any atom is 0.227 e. The number of hydrogen-bond donors (Lipinski definition) is 1. The molecule has 1 aliphatic rings. The Kier molecular flexibility index (Phi) is 4.41. The van der Waals surface area contributed by atoms with Gasteiger partial charge in [0.25, 0.3) is 0 Å². The molecular formula is C17H16ClNO3S. The normalized spacial score (nSPS) is 16.3. The van der Waals surface area contributed by atoms with Gasteiger partial charge in [0, 0.05) is 11.6 Å². The topological polar surface area (TPSA) is 63.2 Å². The lowest BCUT2D eigenvalue weighted by molar-refractivity contribution is -0.122. The Morgan fingerprint density at radius 1 is 1.13 bits per heavy atom. The van der Waals surface area contributed by atoms with E-state index in [0.717, 1.165) is 5.56 Å². The second kappa shape index (κ2) is 6.34. The standard InChI is InChI=1S/C17H16ClNO3S/c18-13-5-7-14(8-6-13)23(21,22)10-9-19-17(20)16-11-12-3-1-2-4-15(12)16/h1-8,16H,9-11H2,(H,19,20). The number of halogens is 1. The molecule has 1 atom stereocenters. The van der Waals surface area contributed by atoms with Crippen molar-refractivity contribution in [3.05, 3.63) is 64.7 Å². The monoisotopic (exact) mass is 349 g/mol. The van der Waals surface area contributed by atoms with E-state index >= 15 is 0 Å². The summed E-state index contributed by atoms with van der Waals surface area (Å²) in [5.41, 5.74) is 2.21. The van der Waals surface area contributed by atoms with Crippen LogP contribution in [0.1, 0.15) is 17.0 Å². The quantitative estimate of drug-likeness (QED) is 0.902. The summed E-state index contributed by atoms with van der Waals surface area (Å²) >= 11 is 5.75. The number of carbonyl (C=O) groups excluding carboxylic acids is 1. The number of hydrogen-bond acceptors (Lipinski definition) is 3. The van der Waals surface area contributed by atoms with E-state index in [1.165, 1.54) is 29.8 Å². The Hall–Kier alpha value is -1.85. The fourth-order valence-electron chi connectivity index (χ4n) is 2.68. The average molecular weight is 350 g/mol. The fraction of sp³-hybridized carbons (Fsp3) is 0.235. The van der Waals surface area contributed by atoms with Gasteiger partial charge in [0.15, 0.2) is 9.84 Å². The maximum absolute atomic E-state index is 12.2. The molecule has 6 heteroatoms. The zero-order valence-electron chi connectivity index (χ0n) is 12.3. The summed E-state index contributed by atoms with van der Waals surface area (Å²) in [6, 6.07) is 13.8. The van der Waals surface area contributed by atoms with E-state index < -0.39 is 9.84 Å². The number of fused-ring (bicyclic) bond motifs is 1. The SMILES string of the molecule is O=C(NCCS(=O)(=O)c1ccc(Cl)cc1)C1Cc2ccccc21. The fourth-order valence-corrected chi connectivity index (χ4v) is 3.97. The summed E-state index contributed by atoms with van der Waals surface area (Å²) in [5, 5.41) is 3.21. The molecule has 2 aromatic rings. The van der Waals surface area contributed by atoms with Gasteiger partial charge in [-0.15, -0.1) is 0 Å². The van der Waals surface area contributed by atoms with Gasteiger partial charge in [-0.2, -0.15) is 0 Å². The zero-order valence-corrected chi connectivity index (χ0v) is 13.9. The first-order valence-electron chi connectivity index (χ1n) is 7.31. The molecule has 4 nitrogen and oxygen atoms in total. The highest BCUT2D eigenvalue weighted by atomic mass is 35.5. The highest BCUT2D eigenvalue weighted by molar-refractivity contribution is 7.91. The van der Waals surface area contributed by atoms with E-state index in [4.69, 9.17) is 11.6 Å². The van der Waals surface area contributed by atoms with E-state index in [1.807, 2.05) is 24.3 Å². The molecule has 1 amide bonds. The van der Waals surface area contributed by atoms with Crippen molar-refractivity contribution in [3.8, 4) is 0 Å². The third-order valence-corrected chi connectivity index (χ3v) is 6.00. The number of rotatable bonds is 5. The highest BCUT2D eigenvalue weighted by Gasteiger charge is 2.31. The summed E-state index contributed by atoms with van der Waals surface area (Å²) in [7, 11) is -3.42. The summed E-state index contributed by atoms with van der Waals surface area (Å²) in [4.78, 5) is 12.3. The molecule has 1 N–H and O–H groups in total. The molecule has 0 aliphatic heterocycles. The van der Waals surface area contributed by atoms with Gasteiger partial charge in [-0.05, 0) is 41.8 Å². The molecular weight excluding hydrogens is 334 g/mol. The molecule has 0 bridgehead atoms. The molecule has 0 saturated heterocycles. The van der Waals surface area contributed by atoms with Crippen LogP contribution in [0.3, 0.4) is 0 Å². The van der Waals surface area contributed by atoms with Crippen LogP contribution in [-0.4, -0.2) is 26.6 Å². The van der Waals surface area contributed by atoms with Crippen molar-refractivity contribution < 1.29 is 13.2 Å². The summed E-state index contributed by atoms with van der Waals surface area (Å²) in [5.74, 6) is -0.409. The van der Waals surface area contributed by atoms with E-state index in [2.05, 4.69) is 5.32 Å². The van der Waals surface area contributed by atoms with Crippen molar-refractivity contribution in [2.45, 2.75) is 17.2 Å². The smallest absolute Gasteiger partial charge is 0.227 e. The molecule has 1 unspecified atom stereocenters. The molecule has 0 heterocycles. The number of sulfone groups is 1. The van der Waals surface area contributed by atoms with E-state index in [1.54, 1.807) is 0 Å². The molecule has 2 aromatic carbocycles. The first-order chi connectivity index (χ1) is 11.0. The Bertz CT molecular complexity index is 831. The van der Waals surface area contributed by atoms with Gasteiger partial charge in [-0.3, -0.25) is 4.79 Å².